The number of aromatic nitrogens is 1. The van der Waals surface area contributed by atoms with Crippen LogP contribution in [0, 0.1) is 23.0 Å². The number of carbonyl (C=O) groups is 1. The molecule has 1 unspecified atom stereocenters. The summed E-state index contributed by atoms with van der Waals surface area (Å²) in [5, 5.41) is 15.7. The first-order valence-corrected chi connectivity index (χ1v) is 14.6. The summed E-state index contributed by atoms with van der Waals surface area (Å²) in [4.78, 5) is 29.6. The van der Waals surface area contributed by atoms with Gasteiger partial charge in [-0.2, -0.15) is 0 Å². The number of fused-ring (bicyclic) bond motifs is 1. The van der Waals surface area contributed by atoms with Gasteiger partial charge in [0.1, 0.15) is 0 Å². The number of aromatic amines is 1. The number of carbonyl (C=O) groups excluding carboxylic acids is 1. The van der Waals surface area contributed by atoms with Crippen LogP contribution in [0.2, 0.25) is 0 Å². The lowest BCUT2D eigenvalue weighted by atomic mass is 9.89. The Morgan fingerprint density at radius 3 is 2.70 bits per heavy atom. The molecule has 3 aromatic rings. The first-order chi connectivity index (χ1) is 19.3. The van der Waals surface area contributed by atoms with Gasteiger partial charge in [-0.05, 0) is 93.1 Å². The lowest BCUT2D eigenvalue weighted by Gasteiger charge is -2.32. The van der Waals surface area contributed by atoms with Gasteiger partial charge in [0.2, 0.25) is 11.9 Å². The molecule has 1 aromatic heterocycles. The van der Waals surface area contributed by atoms with Gasteiger partial charge in [-0.15, -0.1) is 0 Å². The van der Waals surface area contributed by atoms with Gasteiger partial charge in [0, 0.05) is 45.1 Å². The Morgan fingerprint density at radius 1 is 1.18 bits per heavy atom. The van der Waals surface area contributed by atoms with Crippen LogP contribution >= 0.6 is 0 Å². The lowest BCUT2D eigenvalue weighted by molar-refractivity contribution is -0.508. The number of H-pyrrole nitrogens is 1. The van der Waals surface area contributed by atoms with Gasteiger partial charge in [0.25, 0.3) is 0 Å². The first kappa shape index (κ1) is 27.8. The topological polar surface area (TPSA) is 91.3 Å². The lowest BCUT2D eigenvalue weighted by Crippen LogP contribution is -2.33. The van der Waals surface area contributed by atoms with E-state index in [-0.39, 0.29) is 16.7 Å². The van der Waals surface area contributed by atoms with E-state index in [1.54, 1.807) is 6.08 Å². The average Bonchev–Trinajstić information content (AvgIpc) is 3.33. The zero-order valence-corrected chi connectivity index (χ0v) is 23.8. The number of piperidine rings is 1. The maximum absolute atomic E-state index is 12.1. The number of hydrogen-bond donors (Lipinski definition) is 2. The molecule has 2 N–H and O–H groups in total. The molecule has 0 bridgehead atoms. The standard InChI is InChI=1S/C33H40N4O3/c1-22(2)33(38)34-27-11-5-9-25(20-27)24-15-18-36(19-16-24)17-7-14-30-29-13-4-8-23(3)31(29)35-32(30)26-10-6-12-28(21-26)37(39)40/h4-6,8-11,13,20-22,24,28,35H,7,12,14-19H2,1-3H3,(H,34,38). The molecular formula is C33H40N4O3. The molecule has 1 aliphatic carbocycles. The number of amides is 1. The van der Waals surface area contributed by atoms with Crippen molar-refractivity contribution < 1.29 is 9.72 Å². The van der Waals surface area contributed by atoms with Crippen LogP contribution in [0.25, 0.3) is 16.5 Å². The SMILES string of the molecule is Cc1cccc2c(CCCN3CCC(c4cccc(NC(=O)C(C)C)c4)CC3)c(C3=CC([N+](=O)[O-])CC=C3)[nH]c12. The van der Waals surface area contributed by atoms with Crippen LogP contribution in [-0.2, 0) is 11.2 Å². The van der Waals surface area contributed by atoms with E-state index in [0.717, 1.165) is 67.8 Å². The third kappa shape index (κ3) is 6.20. The van der Waals surface area contributed by atoms with Crippen molar-refractivity contribution in [2.24, 2.45) is 5.92 Å². The highest BCUT2D eigenvalue weighted by Crippen LogP contribution is 2.34. The van der Waals surface area contributed by atoms with Crippen LogP contribution in [0.4, 0.5) is 5.69 Å². The van der Waals surface area contributed by atoms with E-state index < -0.39 is 6.04 Å². The van der Waals surface area contributed by atoms with Crippen LogP contribution < -0.4 is 5.32 Å². The smallest absolute Gasteiger partial charge is 0.235 e. The van der Waals surface area contributed by atoms with Crippen molar-refractivity contribution in [2.75, 3.05) is 25.0 Å². The van der Waals surface area contributed by atoms with Gasteiger partial charge in [0.15, 0.2) is 0 Å². The molecule has 1 saturated heterocycles. The number of para-hydroxylation sites is 1. The highest BCUT2D eigenvalue weighted by atomic mass is 16.6. The van der Waals surface area contributed by atoms with E-state index in [4.69, 9.17) is 0 Å². The summed E-state index contributed by atoms with van der Waals surface area (Å²) in [6.45, 7) is 9.07. The molecular weight excluding hydrogens is 500 g/mol. The zero-order chi connectivity index (χ0) is 28.2. The van der Waals surface area contributed by atoms with Crippen molar-refractivity contribution in [1.82, 2.24) is 9.88 Å². The van der Waals surface area contributed by atoms with Crippen LogP contribution in [-0.4, -0.2) is 46.4 Å². The zero-order valence-electron chi connectivity index (χ0n) is 23.8. The van der Waals surface area contributed by atoms with E-state index in [0.29, 0.717) is 12.3 Å². The minimum Gasteiger partial charge on any atom is -0.354 e. The van der Waals surface area contributed by atoms with E-state index in [9.17, 15) is 14.9 Å². The number of hydrogen-bond acceptors (Lipinski definition) is 4. The predicted molar refractivity (Wildman–Crippen MR) is 162 cm³/mol. The van der Waals surface area contributed by atoms with Crippen molar-refractivity contribution in [3.63, 3.8) is 0 Å². The summed E-state index contributed by atoms with van der Waals surface area (Å²) in [6.07, 6.45) is 10.4. The monoisotopic (exact) mass is 540 g/mol. The Labute approximate surface area is 236 Å². The molecule has 7 heteroatoms. The Kier molecular flexibility index (Phi) is 8.50. The second-order valence-corrected chi connectivity index (χ2v) is 11.6. The van der Waals surface area contributed by atoms with E-state index in [2.05, 4.69) is 52.5 Å². The summed E-state index contributed by atoms with van der Waals surface area (Å²) in [5.74, 6) is 0.522. The second-order valence-electron chi connectivity index (χ2n) is 11.6. The highest BCUT2D eigenvalue weighted by molar-refractivity contribution is 5.93. The molecule has 5 rings (SSSR count). The fourth-order valence-corrected chi connectivity index (χ4v) is 6.03. The van der Waals surface area contributed by atoms with Crippen LogP contribution in [0.5, 0.6) is 0 Å². The quantitative estimate of drug-likeness (QED) is 0.229. The number of anilines is 1. The van der Waals surface area contributed by atoms with Crippen molar-refractivity contribution in [1.29, 1.82) is 0 Å². The molecule has 1 aliphatic heterocycles. The predicted octanol–water partition coefficient (Wildman–Crippen LogP) is 6.87. The number of nitrogens with zero attached hydrogens (tertiary/aromatic N) is 2. The second kappa shape index (κ2) is 12.2. The third-order valence-electron chi connectivity index (χ3n) is 8.39. The number of allylic oxidation sites excluding steroid dienone is 2. The minimum atomic E-state index is -0.672. The third-order valence-corrected chi connectivity index (χ3v) is 8.39. The van der Waals surface area contributed by atoms with Crippen molar-refractivity contribution in [3.05, 3.63) is 93.2 Å². The number of rotatable bonds is 9. The van der Waals surface area contributed by atoms with Crippen molar-refractivity contribution in [3.8, 4) is 0 Å². The van der Waals surface area contributed by atoms with Gasteiger partial charge < -0.3 is 15.2 Å². The van der Waals surface area contributed by atoms with Gasteiger partial charge in [0.05, 0.1) is 0 Å². The van der Waals surface area contributed by atoms with Crippen LogP contribution in [0.1, 0.15) is 67.8 Å². The Balaban J connectivity index is 1.22. The van der Waals surface area contributed by atoms with Crippen molar-refractivity contribution in [2.45, 2.75) is 64.8 Å². The Bertz CT molecular complexity index is 1440. The first-order valence-electron chi connectivity index (χ1n) is 14.6. The summed E-state index contributed by atoms with van der Waals surface area (Å²) in [6, 6.07) is 14.0. The normalized spacial score (nSPS) is 18.3. The molecule has 40 heavy (non-hydrogen) atoms. The largest absolute Gasteiger partial charge is 0.354 e. The average molecular weight is 541 g/mol. The molecule has 7 nitrogen and oxygen atoms in total. The minimum absolute atomic E-state index is 0.0370. The maximum atomic E-state index is 12.1. The Morgan fingerprint density at radius 2 is 1.95 bits per heavy atom. The fourth-order valence-electron chi connectivity index (χ4n) is 6.03. The molecule has 1 atom stereocenters. The van der Waals surface area contributed by atoms with E-state index in [1.165, 1.54) is 22.1 Å². The number of benzene rings is 2. The molecule has 0 radical (unpaired) electrons. The van der Waals surface area contributed by atoms with Gasteiger partial charge in [-0.3, -0.25) is 14.9 Å². The molecule has 210 valence electrons. The molecule has 2 heterocycles. The Hall–Kier alpha value is -3.71. The number of nitrogens with one attached hydrogen (secondary N) is 2. The fraction of sp³-hybridized carbons (Fsp3) is 0.424. The summed E-state index contributed by atoms with van der Waals surface area (Å²) in [5.41, 5.74) is 7.71. The summed E-state index contributed by atoms with van der Waals surface area (Å²) in [7, 11) is 0. The molecule has 0 spiro atoms. The molecule has 2 aliphatic rings. The van der Waals surface area contributed by atoms with E-state index in [1.807, 2.05) is 38.1 Å². The van der Waals surface area contributed by atoms with Crippen LogP contribution in [0.15, 0.2) is 60.7 Å². The van der Waals surface area contributed by atoms with Gasteiger partial charge in [-0.25, -0.2) is 0 Å². The molecule has 1 amide bonds. The van der Waals surface area contributed by atoms with Crippen LogP contribution in [0.3, 0.4) is 0 Å². The molecule has 1 fully saturated rings. The maximum Gasteiger partial charge on any atom is 0.235 e. The molecule has 0 saturated carbocycles. The number of aryl methyl sites for hydroxylation is 2. The van der Waals surface area contributed by atoms with Crippen molar-refractivity contribution >= 4 is 28.1 Å². The summed E-state index contributed by atoms with van der Waals surface area (Å²) >= 11 is 0. The number of nitro groups is 1. The number of likely N-dealkylation sites (tertiary alicyclic amines) is 1. The summed E-state index contributed by atoms with van der Waals surface area (Å²) < 4.78 is 0. The molecule has 2 aromatic carbocycles. The van der Waals surface area contributed by atoms with E-state index >= 15 is 0 Å². The highest BCUT2D eigenvalue weighted by Gasteiger charge is 2.24. The van der Waals surface area contributed by atoms with Gasteiger partial charge in [-0.1, -0.05) is 56.3 Å². The van der Waals surface area contributed by atoms with Gasteiger partial charge >= 0.3 is 0 Å².